The highest BCUT2D eigenvalue weighted by atomic mass is 16.5. The van der Waals surface area contributed by atoms with E-state index in [9.17, 15) is 9.59 Å². The van der Waals surface area contributed by atoms with E-state index in [0.29, 0.717) is 11.3 Å². The molecule has 4 heteroatoms. The average molecular weight is 231 g/mol. The number of rotatable bonds is 2. The van der Waals surface area contributed by atoms with E-state index in [-0.39, 0.29) is 29.1 Å². The number of aryl methyl sites for hydroxylation is 1. The quantitative estimate of drug-likeness (QED) is 0.781. The molecule has 0 amide bonds. The molecule has 1 aliphatic rings. The summed E-state index contributed by atoms with van der Waals surface area (Å²) in [6.07, 6.45) is 1.09. The standard InChI is InChI=1S/C13H13NO3/c1-7(2)17-11-6-10(15)9-5-4-8(3)14-12(9)13(11)16/h4-7H,1-3H3. The van der Waals surface area contributed by atoms with Gasteiger partial charge >= 0.3 is 0 Å². The van der Waals surface area contributed by atoms with Gasteiger partial charge < -0.3 is 4.74 Å². The van der Waals surface area contributed by atoms with E-state index in [4.69, 9.17) is 4.74 Å². The summed E-state index contributed by atoms with van der Waals surface area (Å²) in [5.41, 5.74) is 1.24. The molecule has 0 radical (unpaired) electrons. The molecule has 0 fully saturated rings. The molecule has 0 aliphatic heterocycles. The van der Waals surface area contributed by atoms with Gasteiger partial charge in [0.1, 0.15) is 5.69 Å². The smallest absolute Gasteiger partial charge is 0.246 e. The van der Waals surface area contributed by atoms with Crippen molar-refractivity contribution in [2.75, 3.05) is 0 Å². The van der Waals surface area contributed by atoms with Gasteiger partial charge in [-0.1, -0.05) is 0 Å². The van der Waals surface area contributed by atoms with Crippen LogP contribution in [0.5, 0.6) is 0 Å². The maximum Gasteiger partial charge on any atom is 0.246 e. The first-order valence-electron chi connectivity index (χ1n) is 5.44. The number of carbonyl (C=O) groups excluding carboxylic acids is 2. The van der Waals surface area contributed by atoms with Crippen LogP contribution in [0.2, 0.25) is 0 Å². The summed E-state index contributed by atoms with van der Waals surface area (Å²) in [5.74, 6) is -0.477. The van der Waals surface area contributed by atoms with Crippen LogP contribution in [0, 0.1) is 6.92 Å². The number of carbonyl (C=O) groups is 2. The van der Waals surface area contributed by atoms with Gasteiger partial charge in [0.25, 0.3) is 0 Å². The fraction of sp³-hybridized carbons (Fsp3) is 0.308. The molecule has 0 unspecified atom stereocenters. The van der Waals surface area contributed by atoms with Gasteiger partial charge in [-0.2, -0.15) is 0 Å². The van der Waals surface area contributed by atoms with Crippen molar-refractivity contribution in [2.24, 2.45) is 0 Å². The van der Waals surface area contributed by atoms with Gasteiger partial charge in [-0.15, -0.1) is 0 Å². The van der Waals surface area contributed by atoms with Crippen molar-refractivity contribution in [3.8, 4) is 0 Å². The predicted molar refractivity (Wildman–Crippen MR) is 61.9 cm³/mol. The SMILES string of the molecule is Cc1ccc2c(n1)C(=O)C(OC(C)C)=CC2=O. The maximum absolute atomic E-state index is 12.0. The summed E-state index contributed by atoms with van der Waals surface area (Å²) in [6.45, 7) is 5.38. The van der Waals surface area contributed by atoms with Gasteiger partial charge in [0.05, 0.1) is 11.7 Å². The molecule has 1 aliphatic carbocycles. The zero-order valence-corrected chi connectivity index (χ0v) is 9.98. The minimum atomic E-state index is -0.322. The number of nitrogens with zero attached hydrogens (tertiary/aromatic N) is 1. The molecule has 1 heterocycles. The highest BCUT2D eigenvalue weighted by Gasteiger charge is 2.28. The second kappa shape index (κ2) is 4.13. The number of hydrogen-bond donors (Lipinski definition) is 0. The fourth-order valence-corrected chi connectivity index (χ4v) is 1.65. The Bertz CT molecular complexity index is 529. The first-order chi connectivity index (χ1) is 7.99. The van der Waals surface area contributed by atoms with Crippen LogP contribution in [0.25, 0.3) is 0 Å². The molecule has 1 aromatic rings. The summed E-state index contributed by atoms with van der Waals surface area (Å²) < 4.78 is 5.32. The van der Waals surface area contributed by atoms with Crippen molar-refractivity contribution in [3.63, 3.8) is 0 Å². The highest BCUT2D eigenvalue weighted by Crippen LogP contribution is 2.21. The van der Waals surface area contributed by atoms with Crippen LogP contribution in [-0.2, 0) is 4.74 Å². The van der Waals surface area contributed by atoms with Crippen LogP contribution in [0.3, 0.4) is 0 Å². The lowest BCUT2D eigenvalue weighted by Gasteiger charge is -2.17. The number of ketones is 2. The molecule has 0 saturated carbocycles. The van der Waals surface area contributed by atoms with E-state index in [1.165, 1.54) is 6.08 Å². The molecule has 0 spiro atoms. The number of hydrogen-bond acceptors (Lipinski definition) is 4. The Morgan fingerprint density at radius 2 is 1.94 bits per heavy atom. The number of allylic oxidation sites excluding steroid dienone is 2. The number of fused-ring (bicyclic) bond motifs is 1. The van der Waals surface area contributed by atoms with E-state index in [1.54, 1.807) is 32.9 Å². The van der Waals surface area contributed by atoms with Crippen molar-refractivity contribution in [3.05, 3.63) is 40.9 Å². The molecule has 0 N–H and O–H groups in total. The Kier molecular flexibility index (Phi) is 2.79. The van der Waals surface area contributed by atoms with Crippen molar-refractivity contribution in [2.45, 2.75) is 26.9 Å². The van der Waals surface area contributed by atoms with Gasteiger partial charge in [-0.05, 0) is 32.9 Å². The zero-order valence-electron chi connectivity index (χ0n) is 9.98. The lowest BCUT2D eigenvalue weighted by molar-refractivity contribution is 0.0806. The maximum atomic E-state index is 12.0. The largest absolute Gasteiger partial charge is 0.487 e. The van der Waals surface area contributed by atoms with Gasteiger partial charge in [-0.25, -0.2) is 4.98 Å². The summed E-state index contributed by atoms with van der Waals surface area (Å²) in [7, 11) is 0. The number of aromatic nitrogens is 1. The number of ether oxygens (including phenoxy) is 1. The van der Waals surface area contributed by atoms with Crippen LogP contribution in [0.1, 0.15) is 40.4 Å². The second-order valence-electron chi connectivity index (χ2n) is 4.22. The third-order valence-corrected chi connectivity index (χ3v) is 2.36. The molecule has 2 rings (SSSR count). The Hall–Kier alpha value is -1.97. The van der Waals surface area contributed by atoms with Crippen molar-refractivity contribution >= 4 is 11.6 Å². The third kappa shape index (κ3) is 2.11. The molecule has 17 heavy (non-hydrogen) atoms. The van der Waals surface area contributed by atoms with Crippen LogP contribution >= 0.6 is 0 Å². The number of pyridine rings is 1. The molecular weight excluding hydrogens is 218 g/mol. The fourth-order valence-electron chi connectivity index (χ4n) is 1.65. The topological polar surface area (TPSA) is 56.3 Å². The minimum absolute atomic E-state index is 0.0793. The van der Waals surface area contributed by atoms with Gasteiger partial charge in [-0.3, -0.25) is 9.59 Å². The predicted octanol–water partition coefficient (Wildman–Crippen LogP) is 2.08. The van der Waals surface area contributed by atoms with Crippen molar-refractivity contribution < 1.29 is 14.3 Å². The van der Waals surface area contributed by atoms with Crippen molar-refractivity contribution in [1.82, 2.24) is 4.98 Å². The normalized spacial score (nSPS) is 14.7. The molecule has 0 bridgehead atoms. The lowest BCUT2D eigenvalue weighted by Crippen LogP contribution is -2.22. The van der Waals surface area contributed by atoms with E-state index in [1.807, 2.05) is 0 Å². The van der Waals surface area contributed by atoms with E-state index < -0.39 is 0 Å². The lowest BCUT2D eigenvalue weighted by atomic mass is 9.98. The summed E-state index contributed by atoms with van der Waals surface area (Å²) in [5, 5.41) is 0. The molecule has 0 atom stereocenters. The van der Waals surface area contributed by atoms with E-state index >= 15 is 0 Å². The molecule has 0 aromatic carbocycles. The van der Waals surface area contributed by atoms with Crippen molar-refractivity contribution in [1.29, 1.82) is 0 Å². The molecule has 4 nitrogen and oxygen atoms in total. The van der Waals surface area contributed by atoms with E-state index in [2.05, 4.69) is 4.98 Å². The Morgan fingerprint density at radius 1 is 1.24 bits per heavy atom. The average Bonchev–Trinajstić information content (AvgIpc) is 2.24. The monoisotopic (exact) mass is 231 g/mol. The molecular formula is C13H13NO3. The highest BCUT2D eigenvalue weighted by molar-refractivity contribution is 6.22. The molecule has 88 valence electrons. The molecule has 0 saturated heterocycles. The first kappa shape index (κ1) is 11.5. The zero-order chi connectivity index (χ0) is 12.6. The first-order valence-corrected chi connectivity index (χ1v) is 5.44. The molecule has 1 aromatic heterocycles. The van der Waals surface area contributed by atoms with Gasteiger partial charge in [0.15, 0.2) is 11.5 Å². The Labute approximate surface area is 99.3 Å². The van der Waals surface area contributed by atoms with Gasteiger partial charge in [0.2, 0.25) is 5.78 Å². The summed E-state index contributed by atoms with van der Waals surface area (Å²) >= 11 is 0. The van der Waals surface area contributed by atoms with Crippen LogP contribution in [-0.4, -0.2) is 22.7 Å². The van der Waals surface area contributed by atoms with E-state index in [0.717, 1.165) is 0 Å². The summed E-state index contributed by atoms with van der Waals surface area (Å²) in [4.78, 5) is 27.9. The minimum Gasteiger partial charge on any atom is -0.487 e. The summed E-state index contributed by atoms with van der Waals surface area (Å²) in [6, 6.07) is 3.34. The third-order valence-electron chi connectivity index (χ3n) is 2.36. The Balaban J connectivity index is 2.47. The number of Topliss-reactive ketones (excluding diaryl/α,β-unsaturated/α-hetero) is 1. The van der Waals surface area contributed by atoms with Crippen LogP contribution < -0.4 is 0 Å². The second-order valence-corrected chi connectivity index (χ2v) is 4.22. The Morgan fingerprint density at radius 3 is 2.59 bits per heavy atom. The van der Waals surface area contributed by atoms with Crippen LogP contribution in [0.15, 0.2) is 24.0 Å². The van der Waals surface area contributed by atoms with Gasteiger partial charge in [0, 0.05) is 11.8 Å². The van der Waals surface area contributed by atoms with Crippen LogP contribution in [0.4, 0.5) is 0 Å².